The highest BCUT2D eigenvalue weighted by atomic mass is 35.5. The van der Waals surface area contributed by atoms with Gasteiger partial charge in [-0.2, -0.15) is 0 Å². The number of aryl methyl sites for hydroxylation is 1. The lowest BCUT2D eigenvalue weighted by molar-refractivity contribution is -0.384. The maximum Gasteiger partial charge on any atom is 0.359 e. The first-order chi connectivity index (χ1) is 15.8. The number of hydrogen-bond acceptors (Lipinski definition) is 6. The lowest BCUT2D eigenvalue weighted by Gasteiger charge is -2.18. The summed E-state index contributed by atoms with van der Waals surface area (Å²) in [6.45, 7) is 1.87. The number of non-ortho nitro benzene ring substituents is 1. The summed E-state index contributed by atoms with van der Waals surface area (Å²) in [6.07, 6.45) is 0.232. The minimum absolute atomic E-state index is 0.0217. The molecule has 0 aliphatic carbocycles. The van der Waals surface area contributed by atoms with Crippen LogP contribution in [-0.2, 0) is 9.53 Å². The van der Waals surface area contributed by atoms with Crippen LogP contribution >= 0.6 is 11.6 Å². The van der Waals surface area contributed by atoms with E-state index < -0.39 is 22.9 Å². The number of anilines is 1. The summed E-state index contributed by atoms with van der Waals surface area (Å²) in [5.41, 5.74) is 1.86. The fourth-order valence-corrected chi connectivity index (χ4v) is 3.45. The Labute approximate surface area is 192 Å². The van der Waals surface area contributed by atoms with Gasteiger partial charge in [-0.05, 0) is 25.1 Å². The molecule has 2 aromatic carbocycles. The van der Waals surface area contributed by atoms with Crippen LogP contribution in [0.2, 0.25) is 5.02 Å². The van der Waals surface area contributed by atoms with Crippen molar-refractivity contribution in [2.24, 2.45) is 0 Å². The van der Waals surface area contributed by atoms with Crippen LogP contribution in [0.3, 0.4) is 0 Å². The number of rotatable bonds is 6. The molecule has 2 heterocycles. The maximum absolute atomic E-state index is 13.1. The number of benzene rings is 2. The zero-order valence-corrected chi connectivity index (χ0v) is 18.0. The predicted octanol–water partition coefficient (Wildman–Crippen LogP) is 4.74. The first-order valence-corrected chi connectivity index (χ1v) is 10.2. The lowest BCUT2D eigenvalue weighted by atomic mass is 10.1. The summed E-state index contributed by atoms with van der Waals surface area (Å²) in [4.78, 5) is 40.5. The van der Waals surface area contributed by atoms with Crippen LogP contribution in [0.1, 0.15) is 27.8 Å². The Balaban J connectivity index is 1.61. The van der Waals surface area contributed by atoms with E-state index in [0.717, 1.165) is 11.8 Å². The van der Waals surface area contributed by atoms with Crippen LogP contribution in [0.15, 0.2) is 72.9 Å². The van der Waals surface area contributed by atoms with Crippen molar-refractivity contribution in [1.82, 2.24) is 9.38 Å². The van der Waals surface area contributed by atoms with Gasteiger partial charge in [-0.3, -0.25) is 14.9 Å². The van der Waals surface area contributed by atoms with Crippen molar-refractivity contribution in [2.75, 3.05) is 5.32 Å². The number of nitrogens with one attached hydrogen (secondary N) is 1. The van der Waals surface area contributed by atoms with Gasteiger partial charge in [0.25, 0.3) is 11.6 Å². The third kappa shape index (κ3) is 4.68. The summed E-state index contributed by atoms with van der Waals surface area (Å²) in [5.74, 6) is -1.46. The third-order valence-corrected chi connectivity index (χ3v) is 5.20. The second-order valence-electron chi connectivity index (χ2n) is 7.13. The molecule has 1 amide bonds. The highest BCUT2D eigenvalue weighted by Gasteiger charge is 2.27. The molecule has 0 aliphatic heterocycles. The number of nitrogens with zero attached hydrogens (tertiary/aromatic N) is 3. The summed E-state index contributed by atoms with van der Waals surface area (Å²) in [6, 6.07) is 17.6. The molecule has 2 aromatic heterocycles. The number of carbonyl (C=O) groups excluding carboxylic acids is 2. The summed E-state index contributed by atoms with van der Waals surface area (Å²) < 4.78 is 7.29. The number of ether oxygens (including phenoxy) is 1. The molecule has 0 bridgehead atoms. The molecule has 0 saturated heterocycles. The molecule has 1 atom stereocenters. The molecule has 1 unspecified atom stereocenters. The molecule has 0 fully saturated rings. The molecule has 0 aliphatic rings. The van der Waals surface area contributed by atoms with Crippen LogP contribution < -0.4 is 5.32 Å². The average molecular weight is 465 g/mol. The van der Waals surface area contributed by atoms with Crippen LogP contribution in [0.4, 0.5) is 11.4 Å². The number of fused-ring (bicyclic) bond motifs is 1. The fourth-order valence-electron chi connectivity index (χ4n) is 3.23. The van der Waals surface area contributed by atoms with Gasteiger partial charge in [0.15, 0.2) is 5.69 Å². The minimum Gasteiger partial charge on any atom is -0.443 e. The van der Waals surface area contributed by atoms with Crippen molar-refractivity contribution in [2.45, 2.75) is 13.0 Å². The first-order valence-electron chi connectivity index (χ1n) is 9.79. The van der Waals surface area contributed by atoms with Crippen molar-refractivity contribution >= 4 is 40.5 Å². The highest BCUT2D eigenvalue weighted by molar-refractivity contribution is 6.34. The van der Waals surface area contributed by atoms with Gasteiger partial charge in [0, 0.05) is 29.6 Å². The SMILES string of the molecule is Cc1cccc2nc(C(=O)OC(C(=O)Nc3ccc([N+](=O)[O-])cc3Cl)c3ccccc3)cn12. The fraction of sp³-hybridized carbons (Fsp3) is 0.0870. The second kappa shape index (κ2) is 9.09. The van der Waals surface area contributed by atoms with Gasteiger partial charge in [-0.1, -0.05) is 48.0 Å². The third-order valence-electron chi connectivity index (χ3n) is 4.89. The Kier molecular flexibility index (Phi) is 6.05. The number of nitro benzene ring substituents is 1. The molecule has 4 aromatic rings. The van der Waals surface area contributed by atoms with Crippen molar-refractivity contribution in [3.63, 3.8) is 0 Å². The number of carbonyl (C=O) groups is 2. The Morgan fingerprint density at radius 3 is 2.55 bits per heavy atom. The highest BCUT2D eigenvalue weighted by Crippen LogP contribution is 2.29. The van der Waals surface area contributed by atoms with E-state index >= 15 is 0 Å². The van der Waals surface area contributed by atoms with Crippen LogP contribution in [-0.4, -0.2) is 26.2 Å². The van der Waals surface area contributed by atoms with E-state index in [0.29, 0.717) is 11.2 Å². The van der Waals surface area contributed by atoms with Gasteiger partial charge in [-0.15, -0.1) is 0 Å². The molecule has 33 heavy (non-hydrogen) atoms. The Hall–Kier alpha value is -4.24. The van der Waals surface area contributed by atoms with Crippen LogP contribution in [0.5, 0.6) is 0 Å². The molecule has 0 spiro atoms. The van der Waals surface area contributed by atoms with Gasteiger partial charge < -0.3 is 14.5 Å². The number of nitro groups is 1. The molecule has 166 valence electrons. The van der Waals surface area contributed by atoms with Crippen molar-refractivity contribution in [1.29, 1.82) is 0 Å². The molecule has 4 rings (SSSR count). The average Bonchev–Trinajstić information content (AvgIpc) is 3.25. The number of amides is 1. The summed E-state index contributed by atoms with van der Waals surface area (Å²) in [5, 5.41) is 13.5. The number of esters is 1. The maximum atomic E-state index is 13.1. The first kappa shape index (κ1) is 22.0. The molecule has 1 N–H and O–H groups in total. The van der Waals surface area contributed by atoms with Crippen LogP contribution in [0.25, 0.3) is 5.65 Å². The monoisotopic (exact) mass is 464 g/mol. The van der Waals surface area contributed by atoms with Gasteiger partial charge in [0.1, 0.15) is 5.65 Å². The molecule has 9 nitrogen and oxygen atoms in total. The van der Waals surface area contributed by atoms with Gasteiger partial charge in [0.2, 0.25) is 6.10 Å². The van der Waals surface area contributed by atoms with E-state index in [4.69, 9.17) is 16.3 Å². The molecule has 0 saturated carbocycles. The largest absolute Gasteiger partial charge is 0.443 e. The molecular formula is C23H17ClN4O5. The number of imidazole rings is 1. The predicted molar refractivity (Wildman–Crippen MR) is 121 cm³/mol. The van der Waals surface area contributed by atoms with E-state index in [9.17, 15) is 19.7 Å². The zero-order chi connectivity index (χ0) is 23.5. The lowest BCUT2D eigenvalue weighted by Crippen LogP contribution is -2.26. The molecular weight excluding hydrogens is 448 g/mol. The number of aromatic nitrogens is 2. The Bertz CT molecular complexity index is 1370. The zero-order valence-electron chi connectivity index (χ0n) is 17.3. The number of halogens is 1. The summed E-state index contributed by atoms with van der Waals surface area (Å²) in [7, 11) is 0. The van der Waals surface area contributed by atoms with Gasteiger partial charge >= 0.3 is 5.97 Å². The quantitative estimate of drug-likeness (QED) is 0.250. The van der Waals surface area contributed by atoms with E-state index in [1.807, 2.05) is 19.1 Å². The van der Waals surface area contributed by atoms with E-state index in [2.05, 4.69) is 10.3 Å². The standard InChI is InChI=1S/C23H17ClN4O5/c1-14-6-5-9-20-25-19(13-27(14)20)23(30)33-21(15-7-3-2-4-8-15)22(29)26-18-11-10-16(28(31)32)12-17(18)24/h2-13,21H,1H3,(H,26,29). The van der Waals surface area contributed by atoms with E-state index in [1.54, 1.807) is 47.0 Å². The van der Waals surface area contributed by atoms with E-state index in [-0.39, 0.29) is 22.1 Å². The normalized spacial score (nSPS) is 11.7. The van der Waals surface area contributed by atoms with Crippen LogP contribution in [0, 0.1) is 17.0 Å². The molecule has 0 radical (unpaired) electrons. The van der Waals surface area contributed by atoms with Crippen molar-refractivity contribution < 1.29 is 19.2 Å². The molecule has 10 heteroatoms. The van der Waals surface area contributed by atoms with E-state index in [1.165, 1.54) is 12.1 Å². The Morgan fingerprint density at radius 2 is 1.88 bits per heavy atom. The van der Waals surface area contributed by atoms with Gasteiger partial charge in [-0.25, -0.2) is 9.78 Å². The summed E-state index contributed by atoms with van der Waals surface area (Å²) >= 11 is 6.09. The topological polar surface area (TPSA) is 116 Å². The second-order valence-corrected chi connectivity index (χ2v) is 7.54. The van der Waals surface area contributed by atoms with Gasteiger partial charge in [0.05, 0.1) is 15.6 Å². The minimum atomic E-state index is -1.31. The Morgan fingerprint density at radius 1 is 1.12 bits per heavy atom. The smallest absolute Gasteiger partial charge is 0.359 e. The van der Waals surface area contributed by atoms with Crippen molar-refractivity contribution in [3.05, 3.63) is 105 Å². The van der Waals surface area contributed by atoms with Crippen molar-refractivity contribution in [3.8, 4) is 0 Å². The number of pyridine rings is 1. The number of hydrogen-bond donors (Lipinski definition) is 1.